The van der Waals surface area contributed by atoms with Gasteiger partial charge in [-0.05, 0) is 12.0 Å². The Kier molecular flexibility index (Phi) is 3.06. The molecule has 2 rings (SSSR count). The van der Waals surface area contributed by atoms with Gasteiger partial charge in [0.2, 0.25) is 5.91 Å². The van der Waals surface area contributed by atoms with E-state index < -0.39 is 17.5 Å². The van der Waals surface area contributed by atoms with Crippen LogP contribution >= 0.6 is 0 Å². The summed E-state index contributed by atoms with van der Waals surface area (Å²) in [5.74, 6) is -0.661. The molecule has 1 aromatic rings. The fourth-order valence-electron chi connectivity index (χ4n) is 2.11. The second-order valence-corrected chi connectivity index (χ2v) is 4.20. The van der Waals surface area contributed by atoms with Crippen molar-refractivity contribution in [3.63, 3.8) is 0 Å². The van der Waals surface area contributed by atoms with Crippen molar-refractivity contribution >= 4 is 12.0 Å². The van der Waals surface area contributed by atoms with E-state index in [9.17, 15) is 9.59 Å². The summed E-state index contributed by atoms with van der Waals surface area (Å²) < 4.78 is 4.56. The number of amides is 2. The molecule has 2 atom stereocenters. The molecule has 0 aliphatic heterocycles. The van der Waals surface area contributed by atoms with Gasteiger partial charge < -0.3 is 15.8 Å². The minimum atomic E-state index is -1.04. The first kappa shape index (κ1) is 12.2. The number of nitrogens with one attached hydrogen (secondary N) is 1. The number of primary amides is 1. The van der Waals surface area contributed by atoms with Crippen molar-refractivity contribution in [1.82, 2.24) is 5.32 Å². The largest absolute Gasteiger partial charge is 0.419 e. The highest BCUT2D eigenvalue weighted by atomic mass is 16.5. The van der Waals surface area contributed by atoms with Crippen LogP contribution in [0.5, 0.6) is 0 Å². The molecule has 5 heteroatoms. The van der Waals surface area contributed by atoms with Crippen LogP contribution in [0.25, 0.3) is 0 Å². The van der Waals surface area contributed by atoms with E-state index >= 15 is 0 Å². The Hall–Kier alpha value is -2.30. The van der Waals surface area contributed by atoms with Gasteiger partial charge in [-0.3, -0.25) is 4.79 Å². The van der Waals surface area contributed by atoms with Crippen LogP contribution in [-0.4, -0.2) is 17.5 Å². The smallest absolute Gasteiger partial charge is 0.412 e. The second kappa shape index (κ2) is 4.52. The number of ether oxygens (including phenoxy) is 1. The first-order chi connectivity index (χ1) is 8.60. The molecule has 0 spiro atoms. The van der Waals surface area contributed by atoms with Gasteiger partial charge >= 0.3 is 6.09 Å². The van der Waals surface area contributed by atoms with Gasteiger partial charge in [-0.15, -0.1) is 0 Å². The van der Waals surface area contributed by atoms with E-state index in [0.29, 0.717) is 6.42 Å². The topological polar surface area (TPSA) is 81.4 Å². The van der Waals surface area contributed by atoms with Crippen molar-refractivity contribution in [2.24, 2.45) is 5.73 Å². The summed E-state index contributed by atoms with van der Waals surface area (Å²) in [6.45, 7) is 3.27. The minimum Gasteiger partial charge on any atom is -0.419 e. The maximum Gasteiger partial charge on any atom is 0.412 e. The molecule has 5 nitrogen and oxygen atoms in total. The van der Waals surface area contributed by atoms with E-state index in [-0.39, 0.29) is 5.92 Å². The average Bonchev–Trinajstić information content (AvgIpc) is 3.06. The Bertz CT molecular complexity index is 486. The minimum absolute atomic E-state index is 0.103. The molecule has 1 saturated carbocycles. The van der Waals surface area contributed by atoms with E-state index in [1.54, 1.807) is 0 Å². The van der Waals surface area contributed by atoms with E-state index in [1.165, 1.54) is 0 Å². The zero-order valence-corrected chi connectivity index (χ0v) is 9.76. The lowest BCUT2D eigenvalue weighted by atomic mass is 10.1. The molecule has 0 bridgehead atoms. The first-order valence-corrected chi connectivity index (χ1v) is 5.54. The molecule has 1 aliphatic rings. The summed E-state index contributed by atoms with van der Waals surface area (Å²) in [4.78, 5) is 22.9. The lowest BCUT2D eigenvalue weighted by molar-refractivity contribution is -0.121. The lowest BCUT2D eigenvalue weighted by Crippen LogP contribution is -2.48. The van der Waals surface area contributed by atoms with Gasteiger partial charge in [-0.25, -0.2) is 4.79 Å². The van der Waals surface area contributed by atoms with Gasteiger partial charge in [0.15, 0.2) is 0 Å². The van der Waals surface area contributed by atoms with Crippen molar-refractivity contribution < 1.29 is 14.3 Å². The number of nitrogens with two attached hydrogens (primary N) is 1. The highest BCUT2D eigenvalue weighted by molar-refractivity contribution is 5.93. The Morgan fingerprint density at radius 1 is 1.44 bits per heavy atom. The second-order valence-electron chi connectivity index (χ2n) is 4.20. The number of rotatable bonds is 4. The number of hydrogen-bond donors (Lipinski definition) is 2. The summed E-state index contributed by atoms with van der Waals surface area (Å²) in [6, 6.07) is 9.44. The SMILES string of the molecule is C=COC(=O)NC1(C(N)=O)C[C@@H]1c1ccccc1. The van der Waals surface area contributed by atoms with E-state index in [1.807, 2.05) is 30.3 Å². The maximum atomic E-state index is 11.5. The normalized spacial score (nSPS) is 25.0. The van der Waals surface area contributed by atoms with Gasteiger partial charge in [-0.1, -0.05) is 36.9 Å². The summed E-state index contributed by atoms with van der Waals surface area (Å²) in [6.07, 6.45) is 0.768. The summed E-state index contributed by atoms with van der Waals surface area (Å²) in [5, 5.41) is 2.51. The molecule has 3 N–H and O–H groups in total. The van der Waals surface area contributed by atoms with Crippen LogP contribution in [0.3, 0.4) is 0 Å². The third-order valence-electron chi connectivity index (χ3n) is 3.12. The maximum absolute atomic E-state index is 11.5. The van der Waals surface area contributed by atoms with Crippen LogP contribution in [0.2, 0.25) is 0 Å². The van der Waals surface area contributed by atoms with Gasteiger partial charge in [0, 0.05) is 5.92 Å². The molecule has 1 unspecified atom stereocenters. The van der Waals surface area contributed by atoms with Crippen molar-refractivity contribution in [3.05, 3.63) is 48.7 Å². The predicted octanol–water partition coefficient (Wildman–Crippen LogP) is 1.27. The van der Waals surface area contributed by atoms with Crippen molar-refractivity contribution in [1.29, 1.82) is 0 Å². The molecular weight excluding hydrogens is 232 g/mol. The van der Waals surface area contributed by atoms with Crippen LogP contribution in [0.4, 0.5) is 4.79 Å². The third-order valence-corrected chi connectivity index (χ3v) is 3.12. The Morgan fingerprint density at radius 3 is 2.67 bits per heavy atom. The highest BCUT2D eigenvalue weighted by Crippen LogP contribution is 2.51. The number of carbonyl (C=O) groups is 2. The van der Waals surface area contributed by atoms with Crippen LogP contribution in [-0.2, 0) is 9.53 Å². The Morgan fingerprint density at radius 2 is 2.11 bits per heavy atom. The predicted molar refractivity (Wildman–Crippen MR) is 65.5 cm³/mol. The fraction of sp³-hybridized carbons (Fsp3) is 0.231. The average molecular weight is 246 g/mol. The van der Waals surface area contributed by atoms with Gasteiger partial charge in [0.05, 0.1) is 6.26 Å². The van der Waals surface area contributed by atoms with Crippen molar-refractivity contribution in [2.75, 3.05) is 0 Å². The standard InChI is InChI=1S/C13H14N2O3/c1-2-18-12(17)15-13(11(14)16)8-10(13)9-6-4-3-5-7-9/h2-7,10H,1,8H2,(H2,14,16)(H,15,17)/t10-,13?/m1/s1. The van der Waals surface area contributed by atoms with E-state index in [2.05, 4.69) is 16.6 Å². The number of carbonyl (C=O) groups excluding carboxylic acids is 2. The zero-order valence-electron chi connectivity index (χ0n) is 9.76. The van der Waals surface area contributed by atoms with E-state index in [4.69, 9.17) is 5.73 Å². The summed E-state index contributed by atoms with van der Waals surface area (Å²) in [5.41, 5.74) is 5.30. The molecule has 18 heavy (non-hydrogen) atoms. The Balaban J connectivity index is 2.15. The third kappa shape index (κ3) is 2.07. The monoisotopic (exact) mass is 246 g/mol. The molecule has 0 aromatic heterocycles. The fourth-order valence-corrected chi connectivity index (χ4v) is 2.11. The van der Waals surface area contributed by atoms with Gasteiger partial charge in [0.1, 0.15) is 5.54 Å². The first-order valence-electron chi connectivity index (χ1n) is 5.54. The lowest BCUT2D eigenvalue weighted by Gasteiger charge is -2.14. The van der Waals surface area contributed by atoms with Crippen LogP contribution < -0.4 is 11.1 Å². The highest BCUT2D eigenvalue weighted by Gasteiger charge is 2.61. The number of hydrogen-bond acceptors (Lipinski definition) is 3. The Labute approximate surface area is 105 Å². The number of benzene rings is 1. The van der Waals surface area contributed by atoms with Gasteiger partial charge in [-0.2, -0.15) is 0 Å². The molecule has 1 aromatic carbocycles. The molecule has 0 heterocycles. The van der Waals surface area contributed by atoms with Crippen LogP contribution in [0.1, 0.15) is 17.9 Å². The van der Waals surface area contributed by atoms with Gasteiger partial charge in [0.25, 0.3) is 0 Å². The van der Waals surface area contributed by atoms with Crippen LogP contribution in [0, 0.1) is 0 Å². The summed E-state index contributed by atoms with van der Waals surface area (Å²) in [7, 11) is 0. The van der Waals surface area contributed by atoms with Crippen molar-refractivity contribution in [2.45, 2.75) is 17.9 Å². The summed E-state index contributed by atoms with van der Waals surface area (Å²) >= 11 is 0. The number of alkyl carbamates (subject to hydrolysis) is 1. The van der Waals surface area contributed by atoms with E-state index in [0.717, 1.165) is 11.8 Å². The zero-order chi connectivity index (χ0) is 13.2. The molecule has 2 amide bonds. The molecule has 0 radical (unpaired) electrons. The molecule has 1 aliphatic carbocycles. The molecule has 94 valence electrons. The quantitative estimate of drug-likeness (QED) is 0.785. The van der Waals surface area contributed by atoms with Crippen molar-refractivity contribution in [3.8, 4) is 0 Å². The van der Waals surface area contributed by atoms with Crippen LogP contribution in [0.15, 0.2) is 43.2 Å². The molecule has 1 fully saturated rings. The molecule has 0 saturated heterocycles. The molecular formula is C13H14N2O3.